The van der Waals surface area contributed by atoms with Crippen LogP contribution in [0.15, 0.2) is 29.3 Å². The Kier molecular flexibility index (Phi) is 6.25. The quantitative estimate of drug-likeness (QED) is 0.701. The van der Waals surface area contributed by atoms with Crippen LogP contribution in [0.4, 0.5) is 0 Å². The van der Waals surface area contributed by atoms with E-state index in [1.54, 1.807) is 0 Å². The minimum atomic E-state index is -1.64. The number of carbonyl (C=O) groups is 2. The summed E-state index contributed by atoms with van der Waals surface area (Å²) in [5.41, 5.74) is 2.11. The molecule has 2 aliphatic rings. The van der Waals surface area contributed by atoms with E-state index in [0.29, 0.717) is 12.5 Å². The molecule has 1 atom stereocenters. The number of benzene rings is 1. The van der Waals surface area contributed by atoms with Crippen molar-refractivity contribution in [3.63, 3.8) is 0 Å². The first-order chi connectivity index (χ1) is 13.0. The zero-order valence-electron chi connectivity index (χ0n) is 15.3. The van der Waals surface area contributed by atoms with E-state index in [0.717, 1.165) is 44.0 Å². The van der Waals surface area contributed by atoms with Crippen molar-refractivity contribution in [2.45, 2.75) is 13.0 Å². The van der Waals surface area contributed by atoms with Crippen LogP contribution in [0.25, 0.3) is 0 Å². The number of hydrogen-bond acceptors (Lipinski definition) is 8. The van der Waals surface area contributed by atoms with E-state index in [2.05, 4.69) is 15.2 Å². The third-order valence-corrected chi connectivity index (χ3v) is 4.50. The van der Waals surface area contributed by atoms with Crippen molar-refractivity contribution in [3.8, 4) is 0 Å². The lowest BCUT2D eigenvalue weighted by Crippen LogP contribution is -2.45. The van der Waals surface area contributed by atoms with Crippen LogP contribution in [0.2, 0.25) is 0 Å². The summed E-state index contributed by atoms with van der Waals surface area (Å²) in [5.74, 6) is -2.60. The number of nitrogens with one attached hydrogen (secondary N) is 1. The Labute approximate surface area is 157 Å². The van der Waals surface area contributed by atoms with Crippen molar-refractivity contribution in [1.29, 1.82) is 0 Å². The summed E-state index contributed by atoms with van der Waals surface area (Å²) < 4.78 is 5.33. The predicted octanol–water partition coefficient (Wildman–Crippen LogP) is 0.172. The monoisotopic (exact) mass is 376 g/mol. The minimum Gasteiger partial charge on any atom is -0.473 e. The average molecular weight is 376 g/mol. The van der Waals surface area contributed by atoms with Crippen LogP contribution in [0.5, 0.6) is 0 Å². The number of hydroxylamine groups is 2. The first kappa shape index (κ1) is 19.1. The number of carboxylic acid groups (broad SMARTS) is 1. The zero-order chi connectivity index (χ0) is 19.2. The summed E-state index contributed by atoms with van der Waals surface area (Å²) in [6.45, 7) is 6.84. The van der Waals surface area contributed by atoms with Crippen molar-refractivity contribution in [3.05, 3.63) is 35.4 Å². The Morgan fingerprint density at radius 1 is 1.30 bits per heavy atom. The summed E-state index contributed by atoms with van der Waals surface area (Å²) in [6, 6.07) is 7.68. The number of rotatable bonds is 5. The third-order valence-electron chi connectivity index (χ3n) is 4.50. The normalized spacial score (nSPS) is 20.3. The lowest BCUT2D eigenvalue weighted by atomic mass is 10.1. The first-order valence-corrected chi connectivity index (χ1v) is 8.94. The van der Waals surface area contributed by atoms with Crippen molar-refractivity contribution in [1.82, 2.24) is 15.3 Å². The summed E-state index contributed by atoms with van der Waals surface area (Å²) in [6.07, 6.45) is 0. The Hall–Kier alpha value is -2.65. The molecule has 27 heavy (non-hydrogen) atoms. The molecule has 146 valence electrons. The fourth-order valence-corrected chi connectivity index (χ4v) is 2.97. The highest BCUT2D eigenvalue weighted by Crippen LogP contribution is 2.25. The lowest BCUT2D eigenvalue weighted by molar-refractivity contribution is -0.183. The maximum Gasteiger partial charge on any atom is 0.441 e. The number of aliphatic imine (C=N–C) groups is 1. The van der Waals surface area contributed by atoms with Gasteiger partial charge in [0, 0.05) is 26.2 Å². The molecule has 2 N–H and O–H groups in total. The number of ether oxygens (including phenoxy) is 1. The summed E-state index contributed by atoms with van der Waals surface area (Å²) >= 11 is 0. The van der Waals surface area contributed by atoms with Gasteiger partial charge in [0.2, 0.25) is 5.96 Å². The number of morpholine rings is 1. The van der Waals surface area contributed by atoms with E-state index < -0.39 is 11.9 Å². The van der Waals surface area contributed by atoms with Gasteiger partial charge in [-0.3, -0.25) is 4.90 Å². The number of nitrogens with zero attached hydrogens (tertiary/aromatic N) is 3. The van der Waals surface area contributed by atoms with Crippen LogP contribution in [0, 0.1) is 6.92 Å². The number of aliphatic carboxylic acids is 1. The Morgan fingerprint density at radius 3 is 2.67 bits per heavy atom. The highest BCUT2D eigenvalue weighted by molar-refractivity contribution is 6.28. The second-order valence-electron chi connectivity index (χ2n) is 6.50. The van der Waals surface area contributed by atoms with Gasteiger partial charge in [0.05, 0.1) is 25.8 Å². The maximum atomic E-state index is 11.5. The van der Waals surface area contributed by atoms with E-state index in [4.69, 9.17) is 14.7 Å². The second kappa shape index (κ2) is 8.83. The highest BCUT2D eigenvalue weighted by Gasteiger charge is 2.31. The molecular formula is C18H24N4O5. The van der Waals surface area contributed by atoms with Crippen molar-refractivity contribution in [2.75, 3.05) is 45.9 Å². The average Bonchev–Trinajstić information content (AvgIpc) is 3.06. The third kappa shape index (κ3) is 5.18. The number of carboxylic acids is 1. The van der Waals surface area contributed by atoms with Gasteiger partial charge in [-0.1, -0.05) is 29.8 Å². The molecule has 0 bridgehead atoms. The van der Waals surface area contributed by atoms with E-state index in [1.165, 1.54) is 5.06 Å². The van der Waals surface area contributed by atoms with Crippen LogP contribution >= 0.6 is 0 Å². The minimum absolute atomic E-state index is 0.238. The molecular weight excluding hydrogens is 352 g/mol. The van der Waals surface area contributed by atoms with Gasteiger partial charge in [-0.05, 0) is 12.5 Å². The van der Waals surface area contributed by atoms with Gasteiger partial charge in [-0.2, -0.15) is 5.06 Å². The van der Waals surface area contributed by atoms with Gasteiger partial charge in [-0.15, -0.1) is 0 Å². The molecule has 1 unspecified atom stereocenters. The van der Waals surface area contributed by atoms with E-state index in [1.807, 2.05) is 31.2 Å². The summed E-state index contributed by atoms with van der Waals surface area (Å²) in [5, 5.41) is 13.2. The van der Waals surface area contributed by atoms with Crippen LogP contribution < -0.4 is 5.32 Å². The molecule has 1 fully saturated rings. The van der Waals surface area contributed by atoms with Gasteiger partial charge in [0.15, 0.2) is 0 Å². The number of aryl methyl sites for hydroxylation is 1. The van der Waals surface area contributed by atoms with Gasteiger partial charge in [0.25, 0.3) is 0 Å². The number of hydrogen-bond donors (Lipinski definition) is 2. The van der Waals surface area contributed by atoms with E-state index >= 15 is 0 Å². The summed E-state index contributed by atoms with van der Waals surface area (Å²) in [7, 11) is 0. The Bertz CT molecular complexity index is 700. The number of carbonyl (C=O) groups excluding carboxylic acids is 1. The molecule has 9 heteroatoms. The fraction of sp³-hybridized carbons (Fsp3) is 0.500. The smallest absolute Gasteiger partial charge is 0.441 e. The molecule has 9 nitrogen and oxygen atoms in total. The van der Waals surface area contributed by atoms with Crippen LogP contribution in [0.3, 0.4) is 0 Å². The van der Waals surface area contributed by atoms with Crippen molar-refractivity contribution in [2.24, 2.45) is 4.99 Å². The molecule has 1 saturated heterocycles. The Balaban J connectivity index is 1.64. The molecule has 0 amide bonds. The molecule has 0 spiro atoms. The van der Waals surface area contributed by atoms with Gasteiger partial charge in [0.1, 0.15) is 0 Å². The number of guanidine groups is 1. The predicted molar refractivity (Wildman–Crippen MR) is 97.1 cm³/mol. The van der Waals surface area contributed by atoms with Crippen molar-refractivity contribution < 1.29 is 24.3 Å². The molecule has 2 heterocycles. The summed E-state index contributed by atoms with van der Waals surface area (Å²) in [4.78, 5) is 34.1. The Morgan fingerprint density at radius 2 is 2.00 bits per heavy atom. The van der Waals surface area contributed by atoms with Gasteiger partial charge in [-0.25, -0.2) is 14.6 Å². The molecule has 0 aromatic heterocycles. The highest BCUT2D eigenvalue weighted by atomic mass is 16.7. The second-order valence-corrected chi connectivity index (χ2v) is 6.50. The fourth-order valence-electron chi connectivity index (χ4n) is 2.97. The molecule has 0 aliphatic carbocycles. The molecule has 0 radical (unpaired) electrons. The van der Waals surface area contributed by atoms with Crippen molar-refractivity contribution >= 4 is 17.9 Å². The van der Waals surface area contributed by atoms with Gasteiger partial charge < -0.3 is 20.0 Å². The van der Waals surface area contributed by atoms with E-state index in [9.17, 15) is 9.59 Å². The lowest BCUT2D eigenvalue weighted by Gasteiger charge is -2.27. The SMILES string of the molecule is Cc1ccc(C2CN(OC(=O)C(=O)O)C(NCCN3CCOCC3)=N2)cc1. The van der Waals surface area contributed by atoms with E-state index in [-0.39, 0.29) is 12.6 Å². The largest absolute Gasteiger partial charge is 0.473 e. The van der Waals surface area contributed by atoms with Crippen LogP contribution in [-0.4, -0.2) is 78.9 Å². The van der Waals surface area contributed by atoms with Crippen LogP contribution in [0.1, 0.15) is 17.2 Å². The van der Waals surface area contributed by atoms with Gasteiger partial charge >= 0.3 is 11.9 Å². The first-order valence-electron chi connectivity index (χ1n) is 8.94. The molecule has 0 saturated carbocycles. The standard InChI is InChI=1S/C18H24N4O5/c1-13-2-4-14(5-3-13)15-12-22(27-17(25)16(23)24)18(20-15)19-6-7-21-8-10-26-11-9-21/h2-5,15H,6-12H2,1H3,(H,19,20)(H,23,24). The molecule has 2 aliphatic heterocycles. The molecule has 1 aromatic carbocycles. The topological polar surface area (TPSA) is 104 Å². The molecule has 1 aromatic rings. The maximum absolute atomic E-state index is 11.5. The van der Waals surface area contributed by atoms with Crippen LogP contribution in [-0.2, 0) is 19.2 Å². The molecule has 3 rings (SSSR count). The zero-order valence-corrected chi connectivity index (χ0v) is 15.3.